The summed E-state index contributed by atoms with van der Waals surface area (Å²) in [4.78, 5) is 28.9. The Kier molecular flexibility index (Phi) is 6.13. The third-order valence-corrected chi connectivity index (χ3v) is 4.46. The second-order valence-electron chi connectivity index (χ2n) is 6.10. The summed E-state index contributed by atoms with van der Waals surface area (Å²) in [5.41, 5.74) is 1.78. The average molecular weight is 399 g/mol. The number of methoxy groups -OCH3 is 4. The summed E-state index contributed by atoms with van der Waals surface area (Å²) in [6.45, 7) is 0.0684. The Balaban J connectivity index is 1.85. The van der Waals surface area contributed by atoms with Crippen molar-refractivity contribution < 1.29 is 33.3 Å². The van der Waals surface area contributed by atoms with Crippen molar-refractivity contribution in [3.05, 3.63) is 53.1 Å². The van der Waals surface area contributed by atoms with Gasteiger partial charge in [-0.25, -0.2) is 9.79 Å². The SMILES string of the molecule is COC(=O)c1ccc(C2N=C(C(=O)c3cc(OC)c(OC)c(OC)c3)CO2)cc1. The summed E-state index contributed by atoms with van der Waals surface area (Å²) in [7, 11) is 5.78. The highest BCUT2D eigenvalue weighted by Crippen LogP contribution is 2.38. The summed E-state index contributed by atoms with van der Waals surface area (Å²) in [6, 6.07) is 9.83. The Morgan fingerprint density at radius 2 is 1.55 bits per heavy atom. The number of rotatable bonds is 7. The minimum Gasteiger partial charge on any atom is -0.493 e. The summed E-state index contributed by atoms with van der Waals surface area (Å²) in [6.07, 6.45) is -0.623. The third-order valence-electron chi connectivity index (χ3n) is 4.46. The maximum absolute atomic E-state index is 12.9. The molecule has 2 aromatic carbocycles. The van der Waals surface area contributed by atoms with Crippen LogP contribution in [0.2, 0.25) is 0 Å². The van der Waals surface area contributed by atoms with Crippen molar-refractivity contribution in [2.24, 2.45) is 4.99 Å². The summed E-state index contributed by atoms with van der Waals surface area (Å²) in [5.74, 6) is 0.442. The van der Waals surface area contributed by atoms with Crippen molar-refractivity contribution in [2.75, 3.05) is 35.0 Å². The molecule has 0 spiro atoms. The van der Waals surface area contributed by atoms with Crippen molar-refractivity contribution in [3.63, 3.8) is 0 Å². The van der Waals surface area contributed by atoms with Crippen LogP contribution in [0.3, 0.4) is 0 Å². The lowest BCUT2D eigenvalue weighted by atomic mass is 10.1. The molecule has 0 N–H and O–H groups in total. The topological polar surface area (TPSA) is 92.7 Å². The summed E-state index contributed by atoms with van der Waals surface area (Å²) in [5, 5.41) is 0. The first-order valence-electron chi connectivity index (χ1n) is 8.73. The fourth-order valence-corrected chi connectivity index (χ4v) is 2.95. The van der Waals surface area contributed by atoms with E-state index in [4.69, 9.17) is 18.9 Å². The number of hydrogen-bond donors (Lipinski definition) is 0. The van der Waals surface area contributed by atoms with Gasteiger partial charge in [-0.1, -0.05) is 12.1 Å². The molecule has 1 heterocycles. The van der Waals surface area contributed by atoms with E-state index in [9.17, 15) is 9.59 Å². The Bertz CT molecular complexity index is 925. The zero-order chi connectivity index (χ0) is 21.0. The summed E-state index contributed by atoms with van der Waals surface area (Å²) >= 11 is 0. The first-order valence-corrected chi connectivity index (χ1v) is 8.73. The maximum atomic E-state index is 12.9. The molecule has 0 aliphatic carbocycles. The van der Waals surface area contributed by atoms with Gasteiger partial charge in [0.25, 0.3) is 0 Å². The quantitative estimate of drug-likeness (QED) is 0.522. The molecule has 0 saturated carbocycles. The third kappa shape index (κ3) is 4.07. The van der Waals surface area contributed by atoms with Gasteiger partial charge in [0.05, 0.1) is 40.6 Å². The number of aliphatic imine (C=N–C) groups is 1. The highest BCUT2D eigenvalue weighted by Gasteiger charge is 2.27. The molecule has 0 fully saturated rings. The van der Waals surface area contributed by atoms with Crippen LogP contribution in [-0.4, -0.2) is 52.5 Å². The van der Waals surface area contributed by atoms with Crippen molar-refractivity contribution in [2.45, 2.75) is 6.23 Å². The molecule has 1 atom stereocenters. The number of hydrogen-bond acceptors (Lipinski definition) is 8. The number of ketones is 1. The number of Topliss-reactive ketones (excluding diaryl/α,β-unsaturated/α-hetero) is 1. The van der Waals surface area contributed by atoms with Crippen LogP contribution in [0, 0.1) is 0 Å². The lowest BCUT2D eigenvalue weighted by molar-refractivity contribution is 0.0600. The molecule has 0 saturated heterocycles. The van der Waals surface area contributed by atoms with Crippen LogP contribution in [0.1, 0.15) is 32.5 Å². The van der Waals surface area contributed by atoms with E-state index in [-0.39, 0.29) is 18.1 Å². The van der Waals surface area contributed by atoms with Gasteiger partial charge in [-0.3, -0.25) is 4.79 Å². The van der Waals surface area contributed by atoms with Gasteiger partial charge >= 0.3 is 5.97 Å². The number of carbonyl (C=O) groups is 2. The Morgan fingerprint density at radius 1 is 0.931 bits per heavy atom. The Hall–Kier alpha value is -3.39. The van der Waals surface area contributed by atoms with E-state index in [2.05, 4.69) is 9.73 Å². The molecule has 1 aliphatic heterocycles. The van der Waals surface area contributed by atoms with Gasteiger partial charge in [-0.05, 0) is 24.3 Å². The van der Waals surface area contributed by atoms with E-state index in [0.717, 1.165) is 5.56 Å². The van der Waals surface area contributed by atoms with Crippen molar-refractivity contribution in [1.82, 2.24) is 0 Å². The normalized spacial score (nSPS) is 15.4. The zero-order valence-electron chi connectivity index (χ0n) is 16.6. The van der Waals surface area contributed by atoms with Crippen molar-refractivity contribution in [1.29, 1.82) is 0 Å². The Labute approximate surface area is 168 Å². The summed E-state index contributed by atoms with van der Waals surface area (Å²) < 4.78 is 26.2. The fourth-order valence-electron chi connectivity index (χ4n) is 2.95. The minimum absolute atomic E-state index is 0.0684. The first kappa shape index (κ1) is 20.3. The smallest absolute Gasteiger partial charge is 0.337 e. The molecule has 152 valence electrons. The largest absolute Gasteiger partial charge is 0.493 e. The van der Waals surface area contributed by atoms with Gasteiger partial charge in [-0.15, -0.1) is 0 Å². The minimum atomic E-state index is -0.623. The van der Waals surface area contributed by atoms with E-state index >= 15 is 0 Å². The second kappa shape index (κ2) is 8.74. The molecule has 8 heteroatoms. The van der Waals surface area contributed by atoms with Crippen LogP contribution in [0.15, 0.2) is 41.4 Å². The number of nitrogens with zero attached hydrogens (tertiary/aromatic N) is 1. The lowest BCUT2D eigenvalue weighted by Crippen LogP contribution is -2.16. The van der Waals surface area contributed by atoms with Gasteiger partial charge in [-0.2, -0.15) is 0 Å². The molecule has 2 aromatic rings. The van der Waals surface area contributed by atoms with Crippen molar-refractivity contribution in [3.8, 4) is 17.2 Å². The molecular formula is C21H21NO7. The molecule has 3 rings (SSSR count). The predicted molar refractivity (Wildman–Crippen MR) is 104 cm³/mol. The number of esters is 1. The molecular weight excluding hydrogens is 378 g/mol. The predicted octanol–water partition coefficient (Wildman–Crippen LogP) is 2.85. The highest BCUT2D eigenvalue weighted by atomic mass is 16.5. The molecule has 1 unspecified atom stereocenters. The van der Waals surface area contributed by atoms with Crippen LogP contribution in [0.5, 0.6) is 17.2 Å². The lowest BCUT2D eigenvalue weighted by Gasteiger charge is -2.13. The monoisotopic (exact) mass is 399 g/mol. The van der Waals surface area contributed by atoms with E-state index in [1.807, 2.05) is 0 Å². The molecule has 8 nitrogen and oxygen atoms in total. The van der Waals surface area contributed by atoms with Crippen molar-refractivity contribution >= 4 is 17.5 Å². The van der Waals surface area contributed by atoms with Crippen LogP contribution >= 0.6 is 0 Å². The zero-order valence-corrected chi connectivity index (χ0v) is 16.6. The van der Waals surface area contributed by atoms with Crippen LogP contribution in [-0.2, 0) is 9.47 Å². The van der Waals surface area contributed by atoms with Crippen LogP contribution in [0.25, 0.3) is 0 Å². The molecule has 29 heavy (non-hydrogen) atoms. The van der Waals surface area contributed by atoms with Gasteiger partial charge in [0.1, 0.15) is 5.71 Å². The second-order valence-corrected chi connectivity index (χ2v) is 6.10. The maximum Gasteiger partial charge on any atom is 0.337 e. The van der Waals surface area contributed by atoms with Gasteiger partial charge in [0.15, 0.2) is 17.7 Å². The average Bonchev–Trinajstić information content (AvgIpc) is 3.27. The first-order chi connectivity index (χ1) is 14.0. The van der Waals surface area contributed by atoms with Crippen LogP contribution in [0.4, 0.5) is 0 Å². The van der Waals surface area contributed by atoms with Gasteiger partial charge < -0.3 is 23.7 Å². The molecule has 0 amide bonds. The van der Waals surface area contributed by atoms with Gasteiger partial charge in [0.2, 0.25) is 11.5 Å². The van der Waals surface area contributed by atoms with E-state index in [1.165, 1.54) is 28.4 Å². The molecule has 0 aromatic heterocycles. The van der Waals surface area contributed by atoms with Crippen LogP contribution < -0.4 is 14.2 Å². The number of carbonyl (C=O) groups excluding carboxylic acids is 2. The van der Waals surface area contributed by atoms with E-state index < -0.39 is 12.2 Å². The Morgan fingerprint density at radius 3 is 2.07 bits per heavy atom. The number of benzene rings is 2. The molecule has 1 aliphatic rings. The molecule has 0 bridgehead atoms. The highest BCUT2D eigenvalue weighted by molar-refractivity contribution is 6.47. The van der Waals surface area contributed by atoms with E-state index in [1.54, 1.807) is 36.4 Å². The van der Waals surface area contributed by atoms with E-state index in [0.29, 0.717) is 28.4 Å². The standard InChI is InChI=1S/C21H21NO7/c1-25-16-9-14(10-17(26-2)19(16)27-3)18(23)15-11-29-20(22-15)12-5-7-13(8-6-12)21(24)28-4/h5-10,20H,11H2,1-4H3. The van der Waals surface area contributed by atoms with Gasteiger partial charge in [0, 0.05) is 11.1 Å². The fraction of sp³-hybridized carbons (Fsp3) is 0.286. The molecule has 0 radical (unpaired) electrons. The number of ether oxygens (including phenoxy) is 5.